The lowest BCUT2D eigenvalue weighted by molar-refractivity contribution is 0.220. The van der Waals surface area contributed by atoms with Gasteiger partial charge in [-0.05, 0) is 43.5 Å². The molecule has 150 valence electrons. The molecule has 1 aromatic carbocycles. The van der Waals surface area contributed by atoms with Crippen molar-refractivity contribution in [3.05, 3.63) is 54.6 Å². The quantitative estimate of drug-likeness (QED) is 0.687. The Morgan fingerprint density at radius 2 is 2.10 bits per heavy atom. The van der Waals surface area contributed by atoms with Crippen LogP contribution in [0.4, 0.5) is 10.5 Å². The van der Waals surface area contributed by atoms with Crippen molar-refractivity contribution >= 4 is 11.7 Å². The van der Waals surface area contributed by atoms with Crippen LogP contribution < -0.4 is 10.1 Å². The molecule has 0 bridgehead atoms. The molecule has 0 saturated carbocycles. The Bertz CT molecular complexity index is 960. The molecule has 8 heteroatoms. The van der Waals surface area contributed by atoms with Crippen LogP contribution in [0, 0.1) is 5.92 Å². The number of ether oxygens (including phenoxy) is 1. The topological polar surface area (TPSA) is 93.4 Å². The smallest absolute Gasteiger partial charge is 0.321 e. The maximum Gasteiger partial charge on any atom is 0.321 e. The van der Waals surface area contributed by atoms with Crippen LogP contribution in [0.2, 0.25) is 0 Å². The minimum absolute atomic E-state index is 0.120. The third kappa shape index (κ3) is 4.53. The van der Waals surface area contributed by atoms with Crippen molar-refractivity contribution in [1.29, 1.82) is 0 Å². The first-order chi connectivity index (χ1) is 14.2. The fourth-order valence-corrected chi connectivity index (χ4v) is 3.44. The second-order valence-electron chi connectivity index (χ2n) is 6.92. The highest BCUT2D eigenvalue weighted by Crippen LogP contribution is 2.26. The number of benzene rings is 1. The summed E-state index contributed by atoms with van der Waals surface area (Å²) in [5, 5.41) is 7.04. The molecule has 0 aliphatic carbocycles. The zero-order valence-electron chi connectivity index (χ0n) is 16.2. The number of urea groups is 1. The predicted octanol–water partition coefficient (Wildman–Crippen LogP) is 3.63. The molecule has 1 fully saturated rings. The highest BCUT2D eigenvalue weighted by molar-refractivity contribution is 5.91. The van der Waals surface area contributed by atoms with Crippen molar-refractivity contribution in [2.75, 3.05) is 25.0 Å². The van der Waals surface area contributed by atoms with E-state index >= 15 is 0 Å². The molecule has 29 heavy (non-hydrogen) atoms. The molecular weight excluding hydrogens is 370 g/mol. The number of pyridine rings is 1. The van der Waals surface area contributed by atoms with E-state index in [2.05, 4.69) is 20.4 Å². The summed E-state index contributed by atoms with van der Waals surface area (Å²) in [6, 6.07) is 11.0. The Morgan fingerprint density at radius 3 is 2.93 bits per heavy atom. The lowest BCUT2D eigenvalue weighted by atomic mass is 10.1. The van der Waals surface area contributed by atoms with E-state index in [0.717, 1.165) is 12.0 Å². The van der Waals surface area contributed by atoms with Crippen molar-refractivity contribution in [3.8, 4) is 17.2 Å². The predicted molar refractivity (Wildman–Crippen MR) is 108 cm³/mol. The normalized spacial score (nSPS) is 16.0. The van der Waals surface area contributed by atoms with E-state index < -0.39 is 0 Å². The van der Waals surface area contributed by atoms with Crippen molar-refractivity contribution < 1.29 is 14.1 Å². The molecule has 0 spiro atoms. The number of carbonyl (C=O) groups is 1. The molecule has 0 radical (unpaired) electrons. The number of likely N-dealkylation sites (tertiary alicyclic amines) is 1. The maximum atomic E-state index is 12.7. The maximum absolute atomic E-state index is 12.7. The van der Waals surface area contributed by atoms with Gasteiger partial charge < -0.3 is 19.5 Å². The van der Waals surface area contributed by atoms with Gasteiger partial charge in [0, 0.05) is 37.5 Å². The van der Waals surface area contributed by atoms with Gasteiger partial charge in [0.1, 0.15) is 5.75 Å². The summed E-state index contributed by atoms with van der Waals surface area (Å²) in [6.45, 7) is 3.82. The molecule has 1 N–H and O–H groups in total. The van der Waals surface area contributed by atoms with Crippen LogP contribution in [-0.4, -0.2) is 45.8 Å². The summed E-state index contributed by atoms with van der Waals surface area (Å²) in [5.74, 6) is 2.12. The van der Waals surface area contributed by atoms with Crippen molar-refractivity contribution in [2.24, 2.45) is 5.92 Å². The van der Waals surface area contributed by atoms with Crippen molar-refractivity contribution in [3.63, 3.8) is 0 Å². The van der Waals surface area contributed by atoms with Crippen LogP contribution in [0.15, 0.2) is 53.3 Å². The second-order valence-corrected chi connectivity index (χ2v) is 6.92. The van der Waals surface area contributed by atoms with Gasteiger partial charge in [0.05, 0.1) is 12.3 Å². The Kier molecular flexibility index (Phi) is 5.69. The van der Waals surface area contributed by atoms with E-state index in [0.29, 0.717) is 55.2 Å². The number of hydrogen-bond acceptors (Lipinski definition) is 6. The number of amides is 2. The molecule has 8 nitrogen and oxygen atoms in total. The van der Waals surface area contributed by atoms with E-state index in [9.17, 15) is 4.79 Å². The molecule has 1 atom stereocenters. The van der Waals surface area contributed by atoms with Crippen LogP contribution in [-0.2, 0) is 6.42 Å². The SMILES string of the molecule is CCOc1ccccc1NC(=O)N1CCC(Cc2noc(-c3ccncc3)n2)C1. The lowest BCUT2D eigenvalue weighted by Crippen LogP contribution is -2.33. The zero-order valence-corrected chi connectivity index (χ0v) is 16.2. The Balaban J connectivity index is 1.34. The number of para-hydroxylation sites is 2. The molecular formula is C21H23N5O3. The first kappa shape index (κ1) is 18.9. The molecule has 3 aromatic rings. The van der Waals surface area contributed by atoms with Gasteiger partial charge in [-0.1, -0.05) is 17.3 Å². The summed E-state index contributed by atoms with van der Waals surface area (Å²) in [7, 11) is 0. The van der Waals surface area contributed by atoms with E-state index in [1.807, 2.05) is 48.2 Å². The largest absolute Gasteiger partial charge is 0.492 e. The van der Waals surface area contributed by atoms with Gasteiger partial charge in [-0.25, -0.2) is 4.79 Å². The van der Waals surface area contributed by atoms with Gasteiger partial charge >= 0.3 is 6.03 Å². The average Bonchev–Trinajstić information content (AvgIpc) is 3.41. The van der Waals surface area contributed by atoms with Gasteiger partial charge in [-0.2, -0.15) is 4.98 Å². The van der Waals surface area contributed by atoms with E-state index in [1.165, 1.54) is 0 Å². The number of aromatic nitrogens is 3. The van der Waals surface area contributed by atoms with Gasteiger partial charge in [-0.15, -0.1) is 0 Å². The Morgan fingerprint density at radius 1 is 1.28 bits per heavy atom. The minimum atomic E-state index is -0.120. The second kappa shape index (κ2) is 8.72. The van der Waals surface area contributed by atoms with E-state index in [-0.39, 0.29) is 6.03 Å². The number of nitrogens with one attached hydrogen (secondary N) is 1. The monoisotopic (exact) mass is 393 g/mol. The van der Waals surface area contributed by atoms with Crippen molar-refractivity contribution in [1.82, 2.24) is 20.0 Å². The van der Waals surface area contributed by atoms with Gasteiger partial charge in [0.15, 0.2) is 5.82 Å². The van der Waals surface area contributed by atoms with E-state index in [4.69, 9.17) is 9.26 Å². The molecule has 4 rings (SSSR count). The molecule has 1 unspecified atom stereocenters. The van der Waals surface area contributed by atoms with Crippen molar-refractivity contribution in [2.45, 2.75) is 19.8 Å². The molecule has 1 aliphatic heterocycles. The number of anilines is 1. The molecule has 1 saturated heterocycles. The summed E-state index contributed by atoms with van der Waals surface area (Å²) in [5.41, 5.74) is 1.53. The Hall–Kier alpha value is -3.42. The van der Waals surface area contributed by atoms with Gasteiger partial charge in [0.2, 0.25) is 0 Å². The standard InChI is InChI=1S/C21H23N5O3/c1-2-28-18-6-4-3-5-17(18)23-21(27)26-12-9-15(14-26)13-19-24-20(29-25-19)16-7-10-22-11-8-16/h3-8,10-11,15H,2,9,12-14H2,1H3,(H,23,27). The zero-order chi connectivity index (χ0) is 20.1. The first-order valence-corrected chi connectivity index (χ1v) is 9.73. The molecule has 3 heterocycles. The van der Waals surface area contributed by atoms with Gasteiger partial charge in [-0.3, -0.25) is 4.98 Å². The van der Waals surface area contributed by atoms with Crippen LogP contribution in [0.3, 0.4) is 0 Å². The van der Waals surface area contributed by atoms with Crippen LogP contribution in [0.25, 0.3) is 11.5 Å². The number of nitrogens with zero attached hydrogens (tertiary/aromatic N) is 4. The number of rotatable bonds is 6. The van der Waals surface area contributed by atoms with Crippen LogP contribution in [0.5, 0.6) is 5.75 Å². The van der Waals surface area contributed by atoms with E-state index in [1.54, 1.807) is 12.4 Å². The summed E-state index contributed by atoms with van der Waals surface area (Å²) < 4.78 is 10.9. The van der Waals surface area contributed by atoms with Crippen LogP contribution >= 0.6 is 0 Å². The summed E-state index contributed by atoms with van der Waals surface area (Å²) >= 11 is 0. The number of hydrogen-bond donors (Lipinski definition) is 1. The number of carbonyl (C=O) groups excluding carboxylic acids is 1. The Labute approximate surface area is 168 Å². The highest BCUT2D eigenvalue weighted by Gasteiger charge is 2.28. The minimum Gasteiger partial charge on any atom is -0.492 e. The summed E-state index contributed by atoms with van der Waals surface area (Å²) in [4.78, 5) is 22.9. The average molecular weight is 393 g/mol. The van der Waals surface area contributed by atoms with Gasteiger partial charge in [0.25, 0.3) is 5.89 Å². The molecule has 1 aliphatic rings. The lowest BCUT2D eigenvalue weighted by Gasteiger charge is -2.18. The fraction of sp³-hybridized carbons (Fsp3) is 0.333. The molecule has 2 amide bonds. The third-order valence-electron chi connectivity index (χ3n) is 4.87. The summed E-state index contributed by atoms with van der Waals surface area (Å²) in [6.07, 6.45) is 4.96. The fourth-order valence-electron chi connectivity index (χ4n) is 3.44. The third-order valence-corrected chi connectivity index (χ3v) is 4.87. The highest BCUT2D eigenvalue weighted by atomic mass is 16.5. The molecule has 2 aromatic heterocycles. The first-order valence-electron chi connectivity index (χ1n) is 9.73. The van der Waals surface area contributed by atoms with Crippen LogP contribution in [0.1, 0.15) is 19.2 Å².